The highest BCUT2D eigenvalue weighted by Crippen LogP contribution is 2.58. The van der Waals surface area contributed by atoms with Crippen LogP contribution in [0.15, 0.2) is 71.6 Å². The number of nitrogens with zero attached hydrogens (tertiary/aromatic N) is 2. The van der Waals surface area contributed by atoms with Gasteiger partial charge in [-0.25, -0.2) is 0 Å². The van der Waals surface area contributed by atoms with Crippen molar-refractivity contribution in [2.45, 2.75) is 40.8 Å². The van der Waals surface area contributed by atoms with Gasteiger partial charge in [0, 0.05) is 34.6 Å². The number of ketones is 1. The van der Waals surface area contributed by atoms with E-state index in [1.54, 1.807) is 42.5 Å². The third-order valence-electron chi connectivity index (χ3n) is 7.03. The van der Waals surface area contributed by atoms with Gasteiger partial charge in [-0.15, -0.1) is 23.4 Å². The minimum absolute atomic E-state index is 0.0221. The summed E-state index contributed by atoms with van der Waals surface area (Å²) in [5.74, 6) is -0.388. The zero-order valence-electron chi connectivity index (χ0n) is 19.2. The lowest BCUT2D eigenvalue weighted by atomic mass is 9.76. The molecule has 5 atom stereocenters. The fourth-order valence-electron chi connectivity index (χ4n) is 5.43. The summed E-state index contributed by atoms with van der Waals surface area (Å²) in [6.45, 7) is 1.51. The van der Waals surface area contributed by atoms with Gasteiger partial charge in [0.05, 0.1) is 31.7 Å². The molecular formula is C26H22ClN3O5S. The number of thioether (sulfide) groups is 1. The van der Waals surface area contributed by atoms with E-state index < -0.39 is 10.3 Å². The first-order valence-corrected chi connectivity index (χ1v) is 12.8. The van der Waals surface area contributed by atoms with Crippen molar-refractivity contribution in [1.29, 1.82) is 0 Å². The summed E-state index contributed by atoms with van der Waals surface area (Å²) in [5.41, 5.74) is 2.86. The molecule has 1 saturated carbocycles. The number of alkyl halides is 1. The maximum Gasteiger partial charge on any atom is 0.282 e. The van der Waals surface area contributed by atoms with Crippen LogP contribution in [-0.2, 0) is 0 Å². The van der Waals surface area contributed by atoms with E-state index in [1.165, 1.54) is 30.8 Å². The van der Waals surface area contributed by atoms with E-state index in [0.717, 1.165) is 11.3 Å². The van der Waals surface area contributed by atoms with Crippen molar-refractivity contribution in [3.63, 3.8) is 0 Å². The molecule has 0 aromatic heterocycles. The number of nitro groups is 2. The average Bonchev–Trinajstić information content (AvgIpc) is 3.19. The molecule has 0 spiro atoms. The van der Waals surface area contributed by atoms with Gasteiger partial charge in [0.15, 0.2) is 5.78 Å². The lowest BCUT2D eigenvalue weighted by molar-refractivity contribution is -0.387. The maximum absolute atomic E-state index is 12.1. The molecule has 1 aliphatic heterocycles. The number of fused-ring (bicyclic) bond motifs is 3. The molecule has 5 rings (SSSR count). The van der Waals surface area contributed by atoms with Gasteiger partial charge < -0.3 is 5.32 Å². The molecule has 8 nitrogen and oxygen atoms in total. The zero-order valence-corrected chi connectivity index (χ0v) is 20.7. The summed E-state index contributed by atoms with van der Waals surface area (Å²) < 4.78 is 0. The normalized spacial score (nSPS) is 24.3. The molecule has 3 aromatic rings. The smallest absolute Gasteiger partial charge is 0.282 e. The van der Waals surface area contributed by atoms with Crippen LogP contribution in [0, 0.1) is 26.1 Å². The number of nitrogens with one attached hydrogen (secondary N) is 1. The van der Waals surface area contributed by atoms with Gasteiger partial charge in [-0.05, 0) is 49.1 Å². The Balaban J connectivity index is 1.60. The Morgan fingerprint density at radius 3 is 2.33 bits per heavy atom. The standard InChI is InChI=1S/C26H22ClN3O5S/c1-14(31)15-10-11-19-17(12-15)24-18(26(28-19)16-6-2-3-7-20(16)29(32)33)13-23(25(24)27)36-22-9-5-4-8-21(22)30(34)35/h2-12,18,23-26,28H,13H2,1H3/t18-,23+,24-,25+,26+/m1/s1. The van der Waals surface area contributed by atoms with E-state index in [9.17, 15) is 25.0 Å². The number of carbonyl (C=O) groups excluding carboxylic acids is 1. The summed E-state index contributed by atoms with van der Waals surface area (Å²) in [6, 6.07) is 18.3. The van der Waals surface area contributed by atoms with Gasteiger partial charge >= 0.3 is 0 Å². The highest BCUT2D eigenvalue weighted by Gasteiger charge is 2.51. The lowest BCUT2D eigenvalue weighted by Gasteiger charge is -2.38. The molecular weight excluding hydrogens is 502 g/mol. The van der Waals surface area contributed by atoms with E-state index >= 15 is 0 Å². The topological polar surface area (TPSA) is 115 Å². The van der Waals surface area contributed by atoms with Crippen molar-refractivity contribution in [2.75, 3.05) is 5.32 Å². The molecule has 36 heavy (non-hydrogen) atoms. The zero-order chi connectivity index (χ0) is 25.6. The molecule has 0 saturated heterocycles. The maximum atomic E-state index is 12.1. The Morgan fingerprint density at radius 2 is 1.64 bits per heavy atom. The Kier molecular flexibility index (Phi) is 6.44. The van der Waals surface area contributed by atoms with Crippen molar-refractivity contribution >= 4 is 46.2 Å². The number of benzene rings is 3. The minimum Gasteiger partial charge on any atom is -0.377 e. The number of Topliss-reactive ketones (excluding diaryl/α,β-unsaturated/α-hetero) is 1. The molecule has 184 valence electrons. The van der Waals surface area contributed by atoms with Crippen LogP contribution in [0.2, 0.25) is 0 Å². The molecule has 1 fully saturated rings. The van der Waals surface area contributed by atoms with Crippen LogP contribution in [0.3, 0.4) is 0 Å². The SMILES string of the molecule is CC(=O)c1ccc2c(c1)[C@H]1[C@@H](Cl)[C@@H](Sc3ccccc3[N+](=O)[O-])C[C@H]1[C@H](c1ccccc1[N+](=O)[O-])N2. The second-order valence-electron chi connectivity index (χ2n) is 9.05. The van der Waals surface area contributed by atoms with Crippen LogP contribution in [0.5, 0.6) is 0 Å². The second kappa shape index (κ2) is 9.55. The first-order chi connectivity index (χ1) is 17.3. The van der Waals surface area contributed by atoms with Gasteiger partial charge in [0.2, 0.25) is 0 Å². The Bertz CT molecular complexity index is 1380. The lowest BCUT2D eigenvalue weighted by Crippen LogP contribution is -2.31. The summed E-state index contributed by atoms with van der Waals surface area (Å²) in [5, 5.41) is 26.3. The molecule has 3 aromatic carbocycles. The number of hydrogen-bond donors (Lipinski definition) is 1. The molecule has 0 amide bonds. The number of hydrogen-bond acceptors (Lipinski definition) is 7. The molecule has 0 radical (unpaired) electrons. The molecule has 0 unspecified atom stereocenters. The molecule has 1 N–H and O–H groups in total. The largest absolute Gasteiger partial charge is 0.377 e. The van der Waals surface area contributed by atoms with Crippen LogP contribution in [0.1, 0.15) is 46.8 Å². The minimum atomic E-state index is -0.409. The third kappa shape index (κ3) is 4.22. The fourth-order valence-corrected chi connectivity index (χ4v) is 7.37. The van der Waals surface area contributed by atoms with Crippen molar-refractivity contribution in [3.05, 3.63) is 104 Å². The summed E-state index contributed by atoms with van der Waals surface area (Å²) >= 11 is 8.48. The number of anilines is 1. The van der Waals surface area contributed by atoms with E-state index in [1.807, 2.05) is 12.1 Å². The number of para-hydroxylation sites is 2. The highest BCUT2D eigenvalue weighted by molar-refractivity contribution is 8.00. The molecule has 1 aliphatic carbocycles. The van der Waals surface area contributed by atoms with Crippen LogP contribution in [0.25, 0.3) is 0 Å². The summed E-state index contributed by atoms with van der Waals surface area (Å²) in [4.78, 5) is 35.3. The highest BCUT2D eigenvalue weighted by atomic mass is 35.5. The fraction of sp³-hybridized carbons (Fsp3) is 0.269. The molecule has 10 heteroatoms. The van der Waals surface area contributed by atoms with Crippen LogP contribution >= 0.6 is 23.4 Å². The van der Waals surface area contributed by atoms with Gasteiger partial charge in [0.25, 0.3) is 11.4 Å². The summed E-state index contributed by atoms with van der Waals surface area (Å²) in [6.07, 6.45) is 0.586. The first-order valence-electron chi connectivity index (χ1n) is 11.4. The Hall–Kier alpha value is -3.43. The predicted molar refractivity (Wildman–Crippen MR) is 139 cm³/mol. The number of carbonyl (C=O) groups is 1. The van der Waals surface area contributed by atoms with Gasteiger partial charge in [0.1, 0.15) is 0 Å². The quantitative estimate of drug-likeness (QED) is 0.164. The average molecular weight is 524 g/mol. The molecule has 0 bridgehead atoms. The number of rotatable bonds is 6. The molecule has 2 aliphatic rings. The predicted octanol–water partition coefficient (Wildman–Crippen LogP) is 6.74. The van der Waals surface area contributed by atoms with Gasteiger partial charge in [-0.1, -0.05) is 30.3 Å². The summed E-state index contributed by atoms with van der Waals surface area (Å²) in [7, 11) is 0. The molecule has 1 heterocycles. The van der Waals surface area contributed by atoms with Crippen LogP contribution < -0.4 is 5.32 Å². The van der Waals surface area contributed by atoms with Gasteiger partial charge in [-0.3, -0.25) is 25.0 Å². The van der Waals surface area contributed by atoms with Crippen LogP contribution in [0.4, 0.5) is 17.1 Å². The van der Waals surface area contributed by atoms with Crippen molar-refractivity contribution in [3.8, 4) is 0 Å². The third-order valence-corrected chi connectivity index (χ3v) is 9.14. The van der Waals surface area contributed by atoms with Crippen LogP contribution in [-0.4, -0.2) is 26.3 Å². The van der Waals surface area contributed by atoms with Crippen molar-refractivity contribution in [2.24, 2.45) is 5.92 Å². The van der Waals surface area contributed by atoms with E-state index in [0.29, 0.717) is 22.4 Å². The number of nitro benzene ring substituents is 2. The monoisotopic (exact) mass is 523 g/mol. The second-order valence-corrected chi connectivity index (χ2v) is 10.8. The Labute approximate surface area is 216 Å². The van der Waals surface area contributed by atoms with Crippen molar-refractivity contribution in [1.82, 2.24) is 0 Å². The van der Waals surface area contributed by atoms with E-state index in [4.69, 9.17) is 11.6 Å². The van der Waals surface area contributed by atoms with Gasteiger partial charge in [-0.2, -0.15) is 0 Å². The first kappa shape index (κ1) is 24.3. The van der Waals surface area contributed by atoms with E-state index in [2.05, 4.69) is 5.32 Å². The number of halogens is 1. The van der Waals surface area contributed by atoms with E-state index in [-0.39, 0.29) is 45.2 Å². The Morgan fingerprint density at radius 1 is 0.972 bits per heavy atom. The van der Waals surface area contributed by atoms with Crippen molar-refractivity contribution < 1.29 is 14.6 Å².